The highest BCUT2D eigenvalue weighted by atomic mass is 32.2. The van der Waals surface area contributed by atoms with Gasteiger partial charge < -0.3 is 10.0 Å². The smallest absolute Gasteiger partial charge is 0.223 e. The van der Waals surface area contributed by atoms with Crippen molar-refractivity contribution in [3.05, 3.63) is 30.3 Å². The van der Waals surface area contributed by atoms with E-state index in [0.717, 1.165) is 0 Å². The molecule has 0 spiro atoms. The van der Waals surface area contributed by atoms with Crippen LogP contribution >= 0.6 is 0 Å². The molecule has 0 saturated carbocycles. The Morgan fingerprint density at radius 2 is 1.89 bits per heavy atom. The van der Waals surface area contributed by atoms with E-state index in [0.29, 0.717) is 13.1 Å². The number of hydrogen-bond donors (Lipinski definition) is 1. The number of nitrogens with zero attached hydrogens (tertiary/aromatic N) is 1. The highest BCUT2D eigenvalue weighted by molar-refractivity contribution is 7.91. The highest BCUT2D eigenvalue weighted by Gasteiger charge is 2.29. The van der Waals surface area contributed by atoms with Crippen molar-refractivity contribution in [3.8, 4) is 0 Å². The summed E-state index contributed by atoms with van der Waals surface area (Å²) in [6.07, 6.45) is -0.496. The van der Waals surface area contributed by atoms with Gasteiger partial charge in [0, 0.05) is 19.5 Å². The predicted octanol–water partition coefficient (Wildman–Crippen LogP) is 0.0535. The first-order chi connectivity index (χ1) is 8.49. The molecule has 1 aromatic carbocycles. The lowest BCUT2D eigenvalue weighted by Gasteiger charge is -2.35. The number of amides is 1. The molecule has 1 heterocycles. The third kappa shape index (κ3) is 2.88. The van der Waals surface area contributed by atoms with Gasteiger partial charge in [-0.1, -0.05) is 18.2 Å². The van der Waals surface area contributed by atoms with Gasteiger partial charge in [-0.15, -0.1) is 0 Å². The van der Waals surface area contributed by atoms with Gasteiger partial charge in [0.05, 0.1) is 16.8 Å². The summed E-state index contributed by atoms with van der Waals surface area (Å²) in [7, 11) is -3.40. The summed E-state index contributed by atoms with van der Waals surface area (Å²) in [5.41, 5.74) is 0. The zero-order chi connectivity index (χ0) is 13.2. The van der Waals surface area contributed by atoms with E-state index >= 15 is 0 Å². The van der Waals surface area contributed by atoms with E-state index in [1.807, 2.05) is 0 Å². The van der Waals surface area contributed by atoms with Gasteiger partial charge in [0.1, 0.15) is 0 Å². The van der Waals surface area contributed by atoms with E-state index < -0.39 is 15.9 Å². The third-order valence-electron chi connectivity index (χ3n) is 2.90. The number of aliphatic hydroxyl groups excluding tert-OH is 1. The van der Waals surface area contributed by atoms with Crippen molar-refractivity contribution in [2.24, 2.45) is 0 Å². The second-order valence-corrected chi connectivity index (χ2v) is 6.44. The maximum absolute atomic E-state index is 11.9. The molecular weight excluding hydrogens is 254 g/mol. The Kier molecular flexibility index (Phi) is 3.68. The maximum atomic E-state index is 11.9. The molecular formula is C12H15NO4S. The van der Waals surface area contributed by atoms with Gasteiger partial charge in [-0.3, -0.25) is 4.79 Å². The fourth-order valence-corrected chi connectivity index (χ4v) is 3.04. The van der Waals surface area contributed by atoms with E-state index in [9.17, 15) is 13.2 Å². The van der Waals surface area contributed by atoms with Crippen molar-refractivity contribution in [2.75, 3.05) is 18.8 Å². The van der Waals surface area contributed by atoms with E-state index in [-0.39, 0.29) is 23.0 Å². The normalized spacial score (nSPS) is 16.4. The Morgan fingerprint density at radius 3 is 2.44 bits per heavy atom. The largest absolute Gasteiger partial charge is 0.389 e. The predicted molar refractivity (Wildman–Crippen MR) is 65.7 cm³/mol. The second-order valence-electron chi connectivity index (χ2n) is 4.33. The van der Waals surface area contributed by atoms with Crippen LogP contribution in [0.3, 0.4) is 0 Å². The SMILES string of the molecule is O=C(CCS(=O)(=O)c1ccccc1)N1CC(O)C1. The van der Waals surface area contributed by atoms with Gasteiger partial charge in [0.2, 0.25) is 5.91 Å². The quantitative estimate of drug-likeness (QED) is 0.838. The number of sulfone groups is 1. The van der Waals surface area contributed by atoms with E-state index in [2.05, 4.69) is 0 Å². The minimum atomic E-state index is -3.40. The molecule has 0 bridgehead atoms. The van der Waals surface area contributed by atoms with E-state index in [1.54, 1.807) is 18.2 Å². The fraction of sp³-hybridized carbons (Fsp3) is 0.417. The molecule has 5 nitrogen and oxygen atoms in total. The molecule has 1 aliphatic rings. The Labute approximate surface area is 106 Å². The van der Waals surface area contributed by atoms with Crippen LogP contribution in [0.25, 0.3) is 0 Å². The summed E-state index contributed by atoms with van der Waals surface area (Å²) < 4.78 is 23.8. The fourth-order valence-electron chi connectivity index (χ4n) is 1.78. The third-order valence-corrected chi connectivity index (χ3v) is 4.63. The van der Waals surface area contributed by atoms with E-state index in [4.69, 9.17) is 5.11 Å². The second kappa shape index (κ2) is 5.07. The average Bonchev–Trinajstić information content (AvgIpc) is 2.33. The summed E-state index contributed by atoms with van der Waals surface area (Å²) in [6, 6.07) is 8.09. The van der Waals surface area contributed by atoms with Crippen LogP contribution in [0.15, 0.2) is 35.2 Å². The topological polar surface area (TPSA) is 74.7 Å². The van der Waals surface area contributed by atoms with Gasteiger partial charge in [0.15, 0.2) is 9.84 Å². The number of benzene rings is 1. The number of carbonyl (C=O) groups excluding carboxylic acids is 1. The summed E-state index contributed by atoms with van der Waals surface area (Å²) in [4.78, 5) is 13.3. The van der Waals surface area contributed by atoms with Crippen molar-refractivity contribution >= 4 is 15.7 Å². The Morgan fingerprint density at radius 1 is 1.28 bits per heavy atom. The number of carbonyl (C=O) groups is 1. The minimum Gasteiger partial charge on any atom is -0.389 e. The number of hydrogen-bond acceptors (Lipinski definition) is 4. The molecule has 0 aliphatic carbocycles. The molecule has 18 heavy (non-hydrogen) atoms. The molecule has 1 amide bonds. The molecule has 6 heteroatoms. The molecule has 0 aromatic heterocycles. The van der Waals surface area contributed by atoms with Crippen molar-refractivity contribution in [1.82, 2.24) is 4.90 Å². The van der Waals surface area contributed by atoms with Crippen LogP contribution in [0.5, 0.6) is 0 Å². The van der Waals surface area contributed by atoms with Gasteiger partial charge in [-0.2, -0.15) is 0 Å². The zero-order valence-electron chi connectivity index (χ0n) is 9.82. The Balaban J connectivity index is 1.92. The first-order valence-electron chi connectivity index (χ1n) is 5.73. The first kappa shape index (κ1) is 13.0. The Hall–Kier alpha value is -1.40. The first-order valence-corrected chi connectivity index (χ1v) is 7.38. The monoisotopic (exact) mass is 269 g/mol. The molecule has 1 saturated heterocycles. The molecule has 1 aliphatic heterocycles. The number of rotatable bonds is 4. The average molecular weight is 269 g/mol. The zero-order valence-corrected chi connectivity index (χ0v) is 10.6. The summed E-state index contributed by atoms with van der Waals surface area (Å²) in [6.45, 7) is 0.619. The summed E-state index contributed by atoms with van der Waals surface area (Å²) in [5.74, 6) is -0.414. The summed E-state index contributed by atoms with van der Waals surface area (Å²) >= 11 is 0. The lowest BCUT2D eigenvalue weighted by Crippen LogP contribution is -2.53. The lowest BCUT2D eigenvalue weighted by molar-refractivity contribution is -0.140. The molecule has 0 unspecified atom stereocenters. The molecule has 0 atom stereocenters. The number of aliphatic hydroxyl groups is 1. The standard InChI is InChI=1S/C12H15NO4S/c14-10-8-13(9-10)12(15)6-7-18(16,17)11-4-2-1-3-5-11/h1-5,10,14H,6-9H2. The van der Waals surface area contributed by atoms with Crippen LogP contribution in [0.2, 0.25) is 0 Å². The molecule has 1 fully saturated rings. The van der Waals surface area contributed by atoms with E-state index in [1.165, 1.54) is 17.0 Å². The summed E-state index contributed by atoms with van der Waals surface area (Å²) in [5, 5.41) is 9.06. The number of β-amino-alcohol motifs (C(OH)–C–C–N with tert-alkyl or cyclic N) is 1. The minimum absolute atomic E-state index is 0.0378. The van der Waals surface area contributed by atoms with Crippen LogP contribution < -0.4 is 0 Å². The molecule has 98 valence electrons. The van der Waals surface area contributed by atoms with Gasteiger partial charge in [-0.05, 0) is 12.1 Å². The van der Waals surface area contributed by atoms with Crippen LogP contribution in [0, 0.1) is 0 Å². The molecule has 1 aromatic rings. The van der Waals surface area contributed by atoms with Gasteiger partial charge in [-0.25, -0.2) is 8.42 Å². The number of likely N-dealkylation sites (tertiary alicyclic amines) is 1. The van der Waals surface area contributed by atoms with Crippen LogP contribution in [-0.2, 0) is 14.6 Å². The molecule has 1 N–H and O–H groups in total. The van der Waals surface area contributed by atoms with Crippen LogP contribution in [0.1, 0.15) is 6.42 Å². The molecule has 0 radical (unpaired) electrons. The molecule has 2 rings (SSSR count). The van der Waals surface area contributed by atoms with Crippen LogP contribution in [-0.4, -0.2) is 49.3 Å². The van der Waals surface area contributed by atoms with Crippen molar-refractivity contribution in [3.63, 3.8) is 0 Å². The highest BCUT2D eigenvalue weighted by Crippen LogP contribution is 2.14. The van der Waals surface area contributed by atoms with Crippen LogP contribution in [0.4, 0.5) is 0 Å². The van der Waals surface area contributed by atoms with Gasteiger partial charge in [0.25, 0.3) is 0 Å². The lowest BCUT2D eigenvalue weighted by atomic mass is 10.1. The Bertz CT molecular complexity index is 520. The van der Waals surface area contributed by atoms with Crippen molar-refractivity contribution in [2.45, 2.75) is 17.4 Å². The maximum Gasteiger partial charge on any atom is 0.223 e. The van der Waals surface area contributed by atoms with Gasteiger partial charge >= 0.3 is 0 Å². The van der Waals surface area contributed by atoms with Crippen molar-refractivity contribution < 1.29 is 18.3 Å². The van der Waals surface area contributed by atoms with Crippen molar-refractivity contribution in [1.29, 1.82) is 0 Å².